The van der Waals surface area contributed by atoms with Gasteiger partial charge in [0.2, 0.25) is 0 Å². The van der Waals surface area contributed by atoms with Crippen LogP contribution in [-0.4, -0.2) is 44.5 Å². The summed E-state index contributed by atoms with van der Waals surface area (Å²) in [6.45, 7) is 12.3. The molecule has 0 aromatic heterocycles. The fourth-order valence-electron chi connectivity index (χ4n) is 4.69. The SMILES string of the molecule is CCC(C)(C)c1ccc(C[C@H](C)CN2CC[C@]3(CCS(=O)(=O)C3)C2)cc1. The molecule has 3 nitrogen and oxygen atoms in total. The van der Waals surface area contributed by atoms with Crippen LogP contribution in [-0.2, 0) is 21.7 Å². The normalized spacial score (nSPS) is 27.2. The summed E-state index contributed by atoms with van der Waals surface area (Å²) in [4.78, 5) is 2.50. The molecule has 0 aliphatic carbocycles. The van der Waals surface area contributed by atoms with Crippen molar-refractivity contribution in [1.29, 1.82) is 0 Å². The average Bonchev–Trinajstić information content (AvgIpc) is 3.10. The van der Waals surface area contributed by atoms with E-state index in [1.807, 2.05) is 0 Å². The van der Waals surface area contributed by atoms with Gasteiger partial charge >= 0.3 is 0 Å². The molecule has 3 rings (SSSR count). The van der Waals surface area contributed by atoms with Crippen molar-refractivity contribution in [2.45, 2.75) is 58.8 Å². The predicted octanol–water partition coefficient (Wildman–Crippen LogP) is 4.06. The highest BCUT2D eigenvalue weighted by molar-refractivity contribution is 7.91. The van der Waals surface area contributed by atoms with Crippen molar-refractivity contribution >= 4 is 9.84 Å². The summed E-state index contributed by atoms with van der Waals surface area (Å²) in [5.41, 5.74) is 3.13. The lowest BCUT2D eigenvalue weighted by atomic mass is 9.82. The Morgan fingerprint density at radius 2 is 1.88 bits per heavy atom. The third kappa shape index (κ3) is 4.51. The Morgan fingerprint density at radius 3 is 2.46 bits per heavy atom. The standard InChI is InChI=1S/C22H35NO2S/c1-5-21(3,4)20-8-6-19(7-9-20)14-18(2)15-23-12-10-22(16-23)11-13-26(24,25)17-22/h6-9,18H,5,10-17H2,1-4H3/t18-,22-/m0/s1. The molecule has 2 heterocycles. The largest absolute Gasteiger partial charge is 0.302 e. The summed E-state index contributed by atoms with van der Waals surface area (Å²) in [6, 6.07) is 9.16. The van der Waals surface area contributed by atoms with Crippen molar-refractivity contribution < 1.29 is 8.42 Å². The molecule has 0 N–H and O–H groups in total. The van der Waals surface area contributed by atoms with Crippen LogP contribution in [0.25, 0.3) is 0 Å². The number of nitrogens with zero attached hydrogens (tertiary/aromatic N) is 1. The maximum Gasteiger partial charge on any atom is 0.150 e. The van der Waals surface area contributed by atoms with Crippen LogP contribution < -0.4 is 0 Å². The van der Waals surface area contributed by atoms with Crippen LogP contribution in [0.5, 0.6) is 0 Å². The van der Waals surface area contributed by atoms with Crippen molar-refractivity contribution in [3.05, 3.63) is 35.4 Å². The van der Waals surface area contributed by atoms with Crippen LogP contribution in [0.15, 0.2) is 24.3 Å². The molecular weight excluding hydrogens is 342 g/mol. The second-order valence-electron chi connectivity index (χ2n) is 9.57. The molecule has 1 spiro atoms. The average molecular weight is 378 g/mol. The first-order valence-electron chi connectivity index (χ1n) is 10.2. The van der Waals surface area contributed by atoms with Crippen LogP contribution in [0, 0.1) is 11.3 Å². The van der Waals surface area contributed by atoms with Gasteiger partial charge < -0.3 is 4.90 Å². The number of likely N-dealkylation sites (tertiary alicyclic amines) is 1. The molecule has 2 fully saturated rings. The molecule has 0 unspecified atom stereocenters. The van der Waals surface area contributed by atoms with Crippen molar-refractivity contribution in [2.24, 2.45) is 11.3 Å². The summed E-state index contributed by atoms with van der Waals surface area (Å²) in [6.07, 6.45) is 4.17. The van der Waals surface area contributed by atoms with E-state index in [0.717, 1.165) is 45.3 Å². The Labute approximate surface area is 160 Å². The van der Waals surface area contributed by atoms with Crippen LogP contribution in [0.3, 0.4) is 0 Å². The first-order chi connectivity index (χ1) is 12.1. The first-order valence-corrected chi connectivity index (χ1v) is 12.0. The molecule has 2 atom stereocenters. The van der Waals surface area contributed by atoms with Gasteiger partial charge in [-0.25, -0.2) is 8.42 Å². The molecule has 1 aromatic rings. The molecule has 2 aliphatic rings. The van der Waals surface area contributed by atoms with E-state index in [2.05, 4.69) is 56.9 Å². The Balaban J connectivity index is 1.53. The molecule has 0 bridgehead atoms. The topological polar surface area (TPSA) is 37.4 Å². The Hall–Kier alpha value is -0.870. The minimum Gasteiger partial charge on any atom is -0.302 e. The van der Waals surface area contributed by atoms with Gasteiger partial charge in [0, 0.05) is 13.1 Å². The number of sulfone groups is 1. The summed E-state index contributed by atoms with van der Waals surface area (Å²) >= 11 is 0. The molecule has 146 valence electrons. The van der Waals surface area contributed by atoms with Gasteiger partial charge in [0.05, 0.1) is 11.5 Å². The highest BCUT2D eigenvalue weighted by Gasteiger charge is 2.46. The quantitative estimate of drug-likeness (QED) is 0.750. The molecule has 0 radical (unpaired) electrons. The molecule has 26 heavy (non-hydrogen) atoms. The fraction of sp³-hybridized carbons (Fsp3) is 0.727. The van der Waals surface area contributed by atoms with Gasteiger partial charge in [-0.05, 0) is 60.1 Å². The van der Waals surface area contributed by atoms with Gasteiger partial charge in [-0.15, -0.1) is 0 Å². The smallest absolute Gasteiger partial charge is 0.150 e. The minimum atomic E-state index is -2.78. The lowest BCUT2D eigenvalue weighted by Gasteiger charge is -2.25. The van der Waals surface area contributed by atoms with E-state index in [4.69, 9.17) is 0 Å². The van der Waals surface area contributed by atoms with Gasteiger partial charge in [0.1, 0.15) is 0 Å². The van der Waals surface area contributed by atoms with E-state index >= 15 is 0 Å². The van der Waals surface area contributed by atoms with Crippen LogP contribution >= 0.6 is 0 Å². The van der Waals surface area contributed by atoms with Gasteiger partial charge in [-0.3, -0.25) is 0 Å². The first kappa shape index (κ1) is 19.9. The molecule has 4 heteroatoms. The highest BCUT2D eigenvalue weighted by atomic mass is 32.2. The van der Waals surface area contributed by atoms with E-state index in [1.165, 1.54) is 11.1 Å². The third-order valence-electron chi connectivity index (χ3n) is 6.76. The maximum absolute atomic E-state index is 11.9. The zero-order chi connectivity index (χ0) is 19.0. The van der Waals surface area contributed by atoms with E-state index in [0.29, 0.717) is 17.4 Å². The molecule has 2 aliphatic heterocycles. The third-order valence-corrected chi connectivity index (χ3v) is 8.64. The van der Waals surface area contributed by atoms with Crippen molar-refractivity contribution in [2.75, 3.05) is 31.1 Å². The summed E-state index contributed by atoms with van der Waals surface area (Å²) < 4.78 is 23.7. The second kappa shape index (κ2) is 7.27. The van der Waals surface area contributed by atoms with Gasteiger partial charge in [0.15, 0.2) is 9.84 Å². The predicted molar refractivity (Wildman–Crippen MR) is 109 cm³/mol. The molecule has 1 aromatic carbocycles. The monoisotopic (exact) mass is 377 g/mol. The van der Waals surface area contributed by atoms with E-state index in [-0.39, 0.29) is 10.8 Å². The second-order valence-corrected chi connectivity index (χ2v) is 11.8. The minimum absolute atomic E-state index is 0.0614. The summed E-state index contributed by atoms with van der Waals surface area (Å²) in [7, 11) is -2.78. The molecule has 2 saturated heterocycles. The molecular formula is C22H35NO2S. The van der Waals surface area contributed by atoms with Crippen LogP contribution in [0.2, 0.25) is 0 Å². The number of hydrogen-bond donors (Lipinski definition) is 0. The van der Waals surface area contributed by atoms with Crippen molar-refractivity contribution in [3.63, 3.8) is 0 Å². The lowest BCUT2D eigenvalue weighted by Crippen LogP contribution is -2.31. The van der Waals surface area contributed by atoms with Gasteiger partial charge in [-0.1, -0.05) is 52.0 Å². The molecule has 0 saturated carbocycles. The van der Waals surface area contributed by atoms with E-state index in [1.54, 1.807) is 0 Å². The lowest BCUT2D eigenvalue weighted by molar-refractivity contribution is 0.249. The van der Waals surface area contributed by atoms with Crippen LogP contribution in [0.1, 0.15) is 58.1 Å². The van der Waals surface area contributed by atoms with E-state index < -0.39 is 9.84 Å². The van der Waals surface area contributed by atoms with Gasteiger partial charge in [0.25, 0.3) is 0 Å². The van der Waals surface area contributed by atoms with E-state index in [9.17, 15) is 8.42 Å². The van der Waals surface area contributed by atoms with Crippen LogP contribution in [0.4, 0.5) is 0 Å². The number of hydrogen-bond acceptors (Lipinski definition) is 3. The van der Waals surface area contributed by atoms with Gasteiger partial charge in [-0.2, -0.15) is 0 Å². The molecule has 0 amide bonds. The zero-order valence-corrected chi connectivity index (χ0v) is 17.7. The highest BCUT2D eigenvalue weighted by Crippen LogP contribution is 2.41. The Morgan fingerprint density at radius 1 is 1.19 bits per heavy atom. The Bertz CT molecular complexity index is 723. The summed E-state index contributed by atoms with van der Waals surface area (Å²) in [5, 5.41) is 0. The number of rotatable bonds is 6. The number of benzene rings is 1. The zero-order valence-electron chi connectivity index (χ0n) is 16.9. The maximum atomic E-state index is 11.9. The Kier molecular flexibility index (Phi) is 5.56. The van der Waals surface area contributed by atoms with Crippen molar-refractivity contribution in [1.82, 2.24) is 4.90 Å². The summed E-state index contributed by atoms with van der Waals surface area (Å²) in [5.74, 6) is 1.41. The van der Waals surface area contributed by atoms with Crippen molar-refractivity contribution in [3.8, 4) is 0 Å². The fourth-order valence-corrected chi connectivity index (χ4v) is 6.89.